The topological polar surface area (TPSA) is 56.8 Å². The van der Waals surface area contributed by atoms with Crippen LogP contribution in [0.3, 0.4) is 0 Å². The van der Waals surface area contributed by atoms with Gasteiger partial charge in [0.1, 0.15) is 0 Å². The Morgan fingerprint density at radius 1 is 1.26 bits per heavy atom. The van der Waals surface area contributed by atoms with E-state index in [1.54, 1.807) is 6.20 Å². The van der Waals surface area contributed by atoms with E-state index in [2.05, 4.69) is 38.4 Å². The first-order chi connectivity index (χ1) is 11.3. The summed E-state index contributed by atoms with van der Waals surface area (Å²) < 4.78 is 0. The van der Waals surface area contributed by atoms with E-state index in [9.17, 15) is 0 Å². The van der Waals surface area contributed by atoms with Crippen molar-refractivity contribution in [3.05, 3.63) is 36.3 Å². The standard InChI is InChI=1S/C18H27N5/c1-15(14-23-8-3-2-4-9-23)10-20-12-17-13-21-22-18(17)16-6-5-7-19-11-16/h5-7,11,13,15,20H,2-4,8-10,12,14H2,1H3,(H,21,22). The van der Waals surface area contributed by atoms with Gasteiger partial charge in [-0.1, -0.05) is 13.3 Å². The third-order valence-electron chi connectivity index (χ3n) is 4.49. The largest absolute Gasteiger partial charge is 0.312 e. The van der Waals surface area contributed by atoms with Crippen LogP contribution in [0.25, 0.3) is 11.3 Å². The number of aromatic amines is 1. The second-order valence-corrected chi connectivity index (χ2v) is 6.61. The molecule has 0 aliphatic carbocycles. The predicted molar refractivity (Wildman–Crippen MR) is 93.0 cm³/mol. The van der Waals surface area contributed by atoms with Crippen molar-refractivity contribution in [1.82, 2.24) is 25.4 Å². The first-order valence-corrected chi connectivity index (χ1v) is 8.68. The van der Waals surface area contributed by atoms with Gasteiger partial charge in [0, 0.05) is 36.6 Å². The molecule has 0 spiro atoms. The highest BCUT2D eigenvalue weighted by Gasteiger charge is 2.13. The molecule has 1 saturated heterocycles. The number of hydrogen-bond acceptors (Lipinski definition) is 4. The van der Waals surface area contributed by atoms with Crippen LogP contribution < -0.4 is 5.32 Å². The first-order valence-electron chi connectivity index (χ1n) is 8.68. The minimum Gasteiger partial charge on any atom is -0.312 e. The van der Waals surface area contributed by atoms with E-state index in [1.165, 1.54) is 44.5 Å². The van der Waals surface area contributed by atoms with Crippen LogP contribution in [-0.4, -0.2) is 46.3 Å². The van der Waals surface area contributed by atoms with E-state index < -0.39 is 0 Å². The number of rotatable bonds is 7. The SMILES string of the molecule is CC(CNCc1cn[nH]c1-c1cccnc1)CN1CCCCC1. The summed E-state index contributed by atoms with van der Waals surface area (Å²) in [6.45, 7) is 7.96. The molecule has 1 atom stereocenters. The molecular weight excluding hydrogens is 286 g/mol. The number of nitrogens with one attached hydrogen (secondary N) is 2. The summed E-state index contributed by atoms with van der Waals surface area (Å²) in [4.78, 5) is 6.79. The second-order valence-electron chi connectivity index (χ2n) is 6.61. The van der Waals surface area contributed by atoms with Crippen LogP contribution in [-0.2, 0) is 6.54 Å². The lowest BCUT2D eigenvalue weighted by atomic mass is 10.1. The number of H-pyrrole nitrogens is 1. The van der Waals surface area contributed by atoms with Crippen LogP contribution in [0.2, 0.25) is 0 Å². The fourth-order valence-electron chi connectivity index (χ4n) is 3.31. The van der Waals surface area contributed by atoms with Crippen molar-refractivity contribution < 1.29 is 0 Å². The maximum atomic E-state index is 4.19. The van der Waals surface area contributed by atoms with Crippen molar-refractivity contribution in [2.45, 2.75) is 32.7 Å². The molecule has 0 aromatic carbocycles. The zero-order valence-corrected chi connectivity index (χ0v) is 14.0. The number of piperidine rings is 1. The average molecular weight is 313 g/mol. The lowest BCUT2D eigenvalue weighted by Crippen LogP contribution is -2.36. The van der Waals surface area contributed by atoms with Crippen molar-refractivity contribution in [2.24, 2.45) is 5.92 Å². The van der Waals surface area contributed by atoms with Crippen LogP contribution in [0.4, 0.5) is 0 Å². The van der Waals surface area contributed by atoms with Gasteiger partial charge in [-0.2, -0.15) is 5.10 Å². The van der Waals surface area contributed by atoms with E-state index >= 15 is 0 Å². The van der Waals surface area contributed by atoms with Crippen LogP contribution >= 0.6 is 0 Å². The highest BCUT2D eigenvalue weighted by atomic mass is 15.1. The van der Waals surface area contributed by atoms with E-state index in [-0.39, 0.29) is 0 Å². The van der Waals surface area contributed by atoms with Crippen molar-refractivity contribution >= 4 is 0 Å². The molecule has 1 aliphatic rings. The molecule has 0 saturated carbocycles. The molecule has 3 rings (SSSR count). The summed E-state index contributed by atoms with van der Waals surface area (Å²) in [5, 5.41) is 10.9. The van der Waals surface area contributed by atoms with E-state index in [4.69, 9.17) is 0 Å². The predicted octanol–water partition coefficient (Wildman–Crippen LogP) is 2.68. The zero-order valence-electron chi connectivity index (χ0n) is 14.0. The summed E-state index contributed by atoms with van der Waals surface area (Å²) in [5.41, 5.74) is 3.35. The summed E-state index contributed by atoms with van der Waals surface area (Å²) >= 11 is 0. The Kier molecular flexibility index (Phi) is 5.77. The molecule has 23 heavy (non-hydrogen) atoms. The molecule has 2 aromatic rings. The Balaban J connectivity index is 1.46. The van der Waals surface area contributed by atoms with Crippen LogP contribution in [0.1, 0.15) is 31.7 Å². The van der Waals surface area contributed by atoms with E-state index in [0.717, 1.165) is 24.3 Å². The average Bonchev–Trinajstić information content (AvgIpc) is 3.05. The highest BCUT2D eigenvalue weighted by molar-refractivity contribution is 5.61. The molecule has 0 radical (unpaired) electrons. The molecule has 5 heteroatoms. The fourth-order valence-corrected chi connectivity index (χ4v) is 3.31. The van der Waals surface area contributed by atoms with E-state index in [0.29, 0.717) is 5.92 Å². The third kappa shape index (κ3) is 4.62. The van der Waals surface area contributed by atoms with Gasteiger partial charge in [-0.25, -0.2) is 0 Å². The molecule has 0 amide bonds. The summed E-state index contributed by atoms with van der Waals surface area (Å²) in [5.74, 6) is 0.668. The molecule has 5 nitrogen and oxygen atoms in total. The molecule has 124 valence electrons. The molecule has 2 aromatic heterocycles. The third-order valence-corrected chi connectivity index (χ3v) is 4.49. The fraction of sp³-hybridized carbons (Fsp3) is 0.556. The van der Waals surface area contributed by atoms with Crippen LogP contribution in [0.15, 0.2) is 30.7 Å². The van der Waals surface area contributed by atoms with Gasteiger partial charge in [-0.3, -0.25) is 10.1 Å². The number of likely N-dealkylation sites (tertiary alicyclic amines) is 1. The van der Waals surface area contributed by atoms with Gasteiger partial charge in [-0.05, 0) is 50.5 Å². The number of hydrogen-bond donors (Lipinski definition) is 2. The molecule has 1 aliphatic heterocycles. The minimum absolute atomic E-state index is 0.668. The molecule has 1 unspecified atom stereocenters. The molecule has 1 fully saturated rings. The molecular formula is C18H27N5. The summed E-state index contributed by atoms with van der Waals surface area (Å²) in [7, 11) is 0. The van der Waals surface area contributed by atoms with Crippen molar-refractivity contribution in [3.63, 3.8) is 0 Å². The van der Waals surface area contributed by atoms with Gasteiger partial charge in [0.15, 0.2) is 0 Å². The summed E-state index contributed by atoms with van der Waals surface area (Å²) in [6.07, 6.45) is 9.70. The van der Waals surface area contributed by atoms with Gasteiger partial charge < -0.3 is 10.2 Å². The lowest BCUT2D eigenvalue weighted by molar-refractivity contribution is 0.199. The summed E-state index contributed by atoms with van der Waals surface area (Å²) in [6, 6.07) is 4.01. The Labute approximate surface area is 138 Å². The number of pyridine rings is 1. The van der Waals surface area contributed by atoms with Gasteiger partial charge in [0.25, 0.3) is 0 Å². The van der Waals surface area contributed by atoms with Gasteiger partial charge in [0.2, 0.25) is 0 Å². The quantitative estimate of drug-likeness (QED) is 0.825. The lowest BCUT2D eigenvalue weighted by Gasteiger charge is -2.29. The Morgan fingerprint density at radius 2 is 2.13 bits per heavy atom. The monoisotopic (exact) mass is 313 g/mol. The number of nitrogens with zero attached hydrogens (tertiary/aromatic N) is 3. The zero-order chi connectivity index (χ0) is 15.9. The minimum atomic E-state index is 0.668. The molecule has 2 N–H and O–H groups in total. The number of aromatic nitrogens is 3. The maximum absolute atomic E-state index is 4.19. The Hall–Kier alpha value is -1.72. The molecule has 0 bridgehead atoms. The van der Waals surface area contributed by atoms with Gasteiger partial charge >= 0.3 is 0 Å². The smallest absolute Gasteiger partial charge is 0.0710 e. The van der Waals surface area contributed by atoms with Crippen molar-refractivity contribution in [3.8, 4) is 11.3 Å². The van der Waals surface area contributed by atoms with Crippen LogP contribution in [0, 0.1) is 5.92 Å². The van der Waals surface area contributed by atoms with Gasteiger partial charge in [0.05, 0.1) is 11.9 Å². The highest BCUT2D eigenvalue weighted by Crippen LogP contribution is 2.19. The maximum Gasteiger partial charge on any atom is 0.0710 e. The van der Waals surface area contributed by atoms with Crippen LogP contribution in [0.5, 0.6) is 0 Å². The first kappa shape index (κ1) is 16.1. The van der Waals surface area contributed by atoms with Crippen molar-refractivity contribution in [1.29, 1.82) is 0 Å². The second kappa shape index (κ2) is 8.22. The van der Waals surface area contributed by atoms with E-state index in [1.807, 2.05) is 18.5 Å². The Bertz CT molecular complexity index is 574. The Morgan fingerprint density at radius 3 is 2.91 bits per heavy atom. The van der Waals surface area contributed by atoms with Gasteiger partial charge in [-0.15, -0.1) is 0 Å². The normalized spacial score (nSPS) is 17.3. The molecule has 3 heterocycles. The van der Waals surface area contributed by atoms with Crippen molar-refractivity contribution in [2.75, 3.05) is 26.2 Å².